The molecule has 3 aromatic carbocycles. The van der Waals surface area contributed by atoms with Crippen LogP contribution in [0.3, 0.4) is 0 Å². The maximum atomic E-state index is 13.4. The zero-order chi connectivity index (χ0) is 43.5. The van der Waals surface area contributed by atoms with E-state index in [2.05, 4.69) is 31.2 Å². The Morgan fingerprint density at radius 2 is 1.08 bits per heavy atom. The van der Waals surface area contributed by atoms with Crippen molar-refractivity contribution in [3.8, 4) is 0 Å². The van der Waals surface area contributed by atoms with Crippen molar-refractivity contribution < 1.29 is 33.4 Å². The lowest BCUT2D eigenvalue weighted by Crippen LogP contribution is -2.47. The largest absolute Gasteiger partial charge is 0.467 e. The number of nitrogens with zero attached hydrogens (tertiary/aromatic N) is 2. The first-order chi connectivity index (χ1) is 29.5. The zero-order valence-electron chi connectivity index (χ0n) is 34.0. The molecule has 0 spiro atoms. The number of methoxy groups -OCH3 is 2. The number of hydrogen-bond acceptors (Lipinski definition) is 10. The van der Waals surface area contributed by atoms with E-state index in [0.717, 1.165) is 75.0 Å². The molecule has 4 amide bonds. The molecule has 0 radical (unpaired) electrons. The van der Waals surface area contributed by atoms with E-state index in [1.807, 2.05) is 36.4 Å². The maximum absolute atomic E-state index is 13.4. The first-order valence-corrected chi connectivity index (χ1v) is 21.1. The van der Waals surface area contributed by atoms with Gasteiger partial charge in [0.15, 0.2) is 11.4 Å². The van der Waals surface area contributed by atoms with Crippen LogP contribution < -0.4 is 27.0 Å². The molecule has 0 aliphatic heterocycles. The van der Waals surface area contributed by atoms with Crippen molar-refractivity contribution in [2.75, 3.05) is 30.6 Å². The number of carbonyl (C=O) groups is 5. The number of urea groups is 1. The molecule has 2 aromatic heterocycles. The second kappa shape index (κ2) is 21.0. The Labute approximate surface area is 363 Å². The summed E-state index contributed by atoms with van der Waals surface area (Å²) in [5, 5.41) is 13.0. The van der Waals surface area contributed by atoms with Crippen LogP contribution in [0.5, 0.6) is 0 Å². The van der Waals surface area contributed by atoms with Crippen LogP contribution in [0.25, 0.3) is 21.8 Å². The molecule has 2 heterocycles. The average molecular weight is 871 g/mol. The number of hydrogen-bond donors (Lipinski definition) is 5. The lowest BCUT2D eigenvalue weighted by molar-refractivity contribution is -0.145. The van der Waals surface area contributed by atoms with Crippen molar-refractivity contribution in [2.24, 2.45) is 11.8 Å². The SMILES string of the molecule is COC(=O)[C@@H](NC(=O)c1nc2ccccc2cc1N)C1CCCCC1.COC(=O)[C@@H](NC(=O)c1nc2ccccc2cc1NC(=O)Nc1c(Cl)cccc1Cl)C1CCCCC1. The first-order valence-electron chi connectivity index (χ1n) is 20.3. The summed E-state index contributed by atoms with van der Waals surface area (Å²) in [7, 11) is 2.64. The van der Waals surface area contributed by atoms with Gasteiger partial charge in [-0.05, 0) is 73.9 Å². The number of nitrogens with one attached hydrogen (secondary N) is 4. The number of halogens is 2. The van der Waals surface area contributed by atoms with Gasteiger partial charge >= 0.3 is 18.0 Å². The van der Waals surface area contributed by atoms with Crippen LogP contribution in [0.2, 0.25) is 10.0 Å². The minimum atomic E-state index is -0.806. The van der Waals surface area contributed by atoms with E-state index in [0.29, 0.717) is 16.7 Å². The molecule has 6 N–H and O–H groups in total. The monoisotopic (exact) mass is 869 g/mol. The van der Waals surface area contributed by atoms with Gasteiger partial charge < -0.3 is 36.5 Å². The number of nitrogen functional groups attached to an aromatic ring is 1. The Kier molecular flexibility index (Phi) is 15.3. The predicted molar refractivity (Wildman–Crippen MR) is 237 cm³/mol. The third-order valence-corrected chi connectivity index (χ3v) is 11.7. The molecular weight excluding hydrogens is 821 g/mol. The summed E-state index contributed by atoms with van der Waals surface area (Å²) in [6.45, 7) is 0. The van der Waals surface area contributed by atoms with Crippen LogP contribution in [0.4, 0.5) is 21.9 Å². The summed E-state index contributed by atoms with van der Waals surface area (Å²) in [4.78, 5) is 72.6. The molecule has 7 rings (SSSR count). The zero-order valence-corrected chi connectivity index (χ0v) is 35.5. The standard InChI is InChI=1S/C26H26Cl2N4O4.C19H23N3O3/c1-36-25(34)21(15-8-3-2-4-9-15)31-24(33)23-20(14-16-10-5-6-13-19(16)29-23)30-26(35)32-22-17(27)11-7-12-18(22)28;1-25-19(24)16(12-7-3-2-4-8-12)22-18(23)17-14(20)11-13-9-5-6-10-15(13)21-17/h5-7,10-15,21H,2-4,8-9H2,1H3,(H,31,33)(H2,30,32,35);5-6,9-12,16H,2-4,7-8,20H2,1H3,(H,22,23)/t21-;16-/m00/s1. The Morgan fingerprint density at radius 1 is 0.623 bits per heavy atom. The summed E-state index contributed by atoms with van der Waals surface area (Å²) < 4.78 is 9.87. The quantitative estimate of drug-likeness (QED) is 0.0845. The van der Waals surface area contributed by atoms with Crippen molar-refractivity contribution in [3.05, 3.63) is 100 Å². The molecule has 14 nitrogen and oxygen atoms in total. The van der Waals surface area contributed by atoms with Gasteiger partial charge in [-0.2, -0.15) is 0 Å². The highest BCUT2D eigenvalue weighted by molar-refractivity contribution is 6.39. The van der Waals surface area contributed by atoms with E-state index < -0.39 is 41.9 Å². The molecule has 0 saturated heterocycles. The number of amides is 4. The topological polar surface area (TPSA) is 204 Å². The number of fused-ring (bicyclic) bond motifs is 2. The smallest absolute Gasteiger partial charge is 0.328 e. The number of aromatic nitrogens is 2. The number of benzene rings is 3. The number of ether oxygens (including phenoxy) is 2. The summed E-state index contributed by atoms with van der Waals surface area (Å²) in [6.07, 6.45) is 9.80. The van der Waals surface area contributed by atoms with Gasteiger partial charge in [-0.25, -0.2) is 24.4 Å². The highest BCUT2D eigenvalue weighted by Crippen LogP contribution is 2.32. The van der Waals surface area contributed by atoms with Crippen LogP contribution in [-0.2, 0) is 19.1 Å². The van der Waals surface area contributed by atoms with Gasteiger partial charge in [0.25, 0.3) is 11.8 Å². The number of pyridine rings is 2. The van der Waals surface area contributed by atoms with Crippen molar-refractivity contribution in [1.82, 2.24) is 20.6 Å². The van der Waals surface area contributed by atoms with Crippen LogP contribution in [-0.4, -0.2) is 66.1 Å². The van der Waals surface area contributed by atoms with Crippen LogP contribution in [0.1, 0.15) is 85.2 Å². The highest BCUT2D eigenvalue weighted by Gasteiger charge is 2.34. The number of rotatable bonds is 10. The van der Waals surface area contributed by atoms with Crippen molar-refractivity contribution in [3.63, 3.8) is 0 Å². The van der Waals surface area contributed by atoms with Crippen molar-refractivity contribution >= 4 is 91.9 Å². The normalized spacial score (nSPS) is 15.3. The second-order valence-electron chi connectivity index (χ2n) is 15.1. The van der Waals surface area contributed by atoms with Gasteiger partial charge in [0.05, 0.1) is 52.4 Å². The van der Waals surface area contributed by atoms with E-state index >= 15 is 0 Å². The van der Waals surface area contributed by atoms with Crippen LogP contribution in [0, 0.1) is 11.8 Å². The van der Waals surface area contributed by atoms with Gasteiger partial charge in [0, 0.05) is 10.8 Å². The number of anilines is 3. The third kappa shape index (κ3) is 11.2. The van der Waals surface area contributed by atoms with E-state index in [1.54, 1.807) is 42.5 Å². The number of para-hydroxylation sites is 3. The fraction of sp³-hybridized carbons (Fsp3) is 0.356. The Balaban J connectivity index is 0.000000218. The number of nitrogens with two attached hydrogens (primary N) is 1. The Bertz CT molecular complexity index is 2380. The van der Waals surface area contributed by atoms with E-state index in [4.69, 9.17) is 38.4 Å². The molecule has 2 aliphatic carbocycles. The third-order valence-electron chi connectivity index (χ3n) is 11.1. The van der Waals surface area contributed by atoms with E-state index in [1.165, 1.54) is 14.2 Å². The lowest BCUT2D eigenvalue weighted by Gasteiger charge is -2.29. The second-order valence-corrected chi connectivity index (χ2v) is 15.9. The lowest BCUT2D eigenvalue weighted by atomic mass is 9.84. The molecular formula is C45H49Cl2N7O7. The molecule has 2 fully saturated rings. The first kappa shape index (κ1) is 44.6. The van der Waals surface area contributed by atoms with Gasteiger partial charge in [-0.15, -0.1) is 0 Å². The summed E-state index contributed by atoms with van der Waals surface area (Å²) in [6, 6.07) is 20.8. The minimum absolute atomic E-state index is 0.0289. The Morgan fingerprint density at radius 3 is 1.59 bits per heavy atom. The van der Waals surface area contributed by atoms with E-state index in [9.17, 15) is 24.0 Å². The number of carbonyl (C=O) groups excluding carboxylic acids is 5. The fourth-order valence-corrected chi connectivity index (χ4v) is 8.42. The van der Waals surface area contributed by atoms with Gasteiger partial charge in [-0.1, -0.05) is 104 Å². The molecule has 0 unspecified atom stereocenters. The van der Waals surface area contributed by atoms with Crippen LogP contribution >= 0.6 is 23.2 Å². The predicted octanol–water partition coefficient (Wildman–Crippen LogP) is 8.71. The molecule has 2 aliphatic rings. The van der Waals surface area contributed by atoms with Gasteiger partial charge in [-0.3, -0.25) is 9.59 Å². The summed E-state index contributed by atoms with van der Waals surface area (Å²) in [5.74, 6) is -1.89. The summed E-state index contributed by atoms with van der Waals surface area (Å²) >= 11 is 12.3. The molecule has 2 saturated carbocycles. The van der Waals surface area contributed by atoms with E-state index in [-0.39, 0.29) is 44.6 Å². The molecule has 16 heteroatoms. The maximum Gasteiger partial charge on any atom is 0.328 e. The minimum Gasteiger partial charge on any atom is -0.467 e. The van der Waals surface area contributed by atoms with Gasteiger partial charge in [0.1, 0.15) is 12.1 Å². The number of esters is 2. The van der Waals surface area contributed by atoms with Crippen molar-refractivity contribution in [1.29, 1.82) is 0 Å². The fourth-order valence-electron chi connectivity index (χ4n) is 7.93. The molecule has 61 heavy (non-hydrogen) atoms. The average Bonchev–Trinajstić information content (AvgIpc) is 3.28. The molecule has 2 atom stereocenters. The molecule has 5 aromatic rings. The van der Waals surface area contributed by atoms with Gasteiger partial charge in [0.2, 0.25) is 0 Å². The molecule has 0 bridgehead atoms. The summed E-state index contributed by atoms with van der Waals surface area (Å²) in [5.41, 5.74) is 8.08. The molecule has 320 valence electrons. The van der Waals surface area contributed by atoms with Crippen molar-refractivity contribution in [2.45, 2.75) is 76.3 Å². The highest BCUT2D eigenvalue weighted by atomic mass is 35.5. The van der Waals surface area contributed by atoms with Crippen LogP contribution in [0.15, 0.2) is 78.9 Å². The Hall–Kier alpha value is -5.99.